The van der Waals surface area contributed by atoms with E-state index in [0.717, 1.165) is 33.2 Å². The topological polar surface area (TPSA) is 42.1 Å². The maximum absolute atomic E-state index is 6.04. The third-order valence-corrected chi connectivity index (χ3v) is 4.10. The van der Waals surface area contributed by atoms with Crippen molar-refractivity contribution >= 4 is 38.1 Å². The van der Waals surface area contributed by atoms with Gasteiger partial charge in [-0.2, -0.15) is 0 Å². The number of benzene rings is 2. The van der Waals surface area contributed by atoms with Crippen LogP contribution in [0.5, 0.6) is 0 Å². The van der Waals surface area contributed by atoms with Crippen LogP contribution < -0.4 is 10.6 Å². The van der Waals surface area contributed by atoms with Gasteiger partial charge in [0.1, 0.15) is 0 Å². The van der Waals surface area contributed by atoms with Crippen molar-refractivity contribution in [3.05, 3.63) is 64.9 Å². The Morgan fingerprint density at radius 2 is 1.81 bits per heavy atom. The summed E-state index contributed by atoms with van der Waals surface area (Å²) in [7, 11) is 2.08. The smallest absolute Gasteiger partial charge is 0.0463 e. The van der Waals surface area contributed by atoms with E-state index in [0.29, 0.717) is 0 Å². The summed E-state index contributed by atoms with van der Waals surface area (Å²) >= 11 is 3.46. The number of fused-ring (bicyclic) bond motifs is 1. The molecule has 2 N–H and O–H groups in total. The summed E-state index contributed by atoms with van der Waals surface area (Å²) in [5.74, 6) is 0. The number of nitrogens with two attached hydrogens (primary N) is 1. The third kappa shape index (κ3) is 2.85. The lowest BCUT2D eigenvalue weighted by Crippen LogP contribution is -2.16. The van der Waals surface area contributed by atoms with E-state index in [1.54, 1.807) is 6.20 Å². The zero-order valence-corrected chi connectivity index (χ0v) is 13.3. The Morgan fingerprint density at radius 1 is 1.05 bits per heavy atom. The van der Waals surface area contributed by atoms with Gasteiger partial charge in [-0.05, 0) is 35.9 Å². The number of halogens is 1. The molecule has 0 aliphatic rings. The molecule has 1 heterocycles. The molecule has 0 bridgehead atoms. The molecule has 0 aliphatic carbocycles. The van der Waals surface area contributed by atoms with Crippen LogP contribution in [0.1, 0.15) is 5.56 Å². The molecule has 0 radical (unpaired) electrons. The zero-order chi connectivity index (χ0) is 14.8. The monoisotopic (exact) mass is 341 g/mol. The van der Waals surface area contributed by atoms with Crippen LogP contribution in [0, 0.1) is 0 Å². The van der Waals surface area contributed by atoms with E-state index in [2.05, 4.69) is 63.2 Å². The first kappa shape index (κ1) is 13.9. The molecule has 0 fully saturated rings. The SMILES string of the molecule is CN(Cc1ccc(Br)cc1)c1ccc(N)c2ccncc12. The van der Waals surface area contributed by atoms with Gasteiger partial charge in [-0.3, -0.25) is 4.98 Å². The Kier molecular flexibility index (Phi) is 3.80. The van der Waals surface area contributed by atoms with Crippen LogP contribution in [0.25, 0.3) is 10.8 Å². The molecule has 0 aliphatic heterocycles. The van der Waals surface area contributed by atoms with E-state index in [-0.39, 0.29) is 0 Å². The van der Waals surface area contributed by atoms with Crippen molar-refractivity contribution in [2.24, 2.45) is 0 Å². The fourth-order valence-electron chi connectivity index (χ4n) is 2.48. The van der Waals surface area contributed by atoms with Gasteiger partial charge in [-0.25, -0.2) is 0 Å². The van der Waals surface area contributed by atoms with Crippen LogP contribution in [-0.4, -0.2) is 12.0 Å². The van der Waals surface area contributed by atoms with Crippen LogP contribution >= 0.6 is 15.9 Å². The first-order valence-electron chi connectivity index (χ1n) is 6.73. The Morgan fingerprint density at radius 3 is 2.57 bits per heavy atom. The van der Waals surface area contributed by atoms with Crippen LogP contribution in [0.15, 0.2) is 59.3 Å². The van der Waals surface area contributed by atoms with E-state index < -0.39 is 0 Å². The minimum atomic E-state index is 0.785. The summed E-state index contributed by atoms with van der Waals surface area (Å²) in [6.45, 7) is 0.835. The van der Waals surface area contributed by atoms with Gasteiger partial charge in [-0.15, -0.1) is 0 Å². The Hall–Kier alpha value is -2.07. The van der Waals surface area contributed by atoms with Crippen molar-refractivity contribution in [2.75, 3.05) is 17.7 Å². The lowest BCUT2D eigenvalue weighted by atomic mass is 10.1. The molecule has 106 valence electrons. The normalized spacial score (nSPS) is 10.8. The number of hydrogen-bond acceptors (Lipinski definition) is 3. The summed E-state index contributed by atoms with van der Waals surface area (Å²) < 4.78 is 1.09. The van der Waals surface area contributed by atoms with E-state index in [9.17, 15) is 0 Å². The number of aromatic nitrogens is 1. The standard InChI is InChI=1S/C17H16BrN3/c1-21(11-12-2-4-13(18)5-3-12)17-7-6-16(19)14-8-9-20-10-15(14)17/h2-10H,11,19H2,1H3. The summed E-state index contributed by atoms with van der Waals surface area (Å²) in [4.78, 5) is 6.44. The fourth-order valence-corrected chi connectivity index (χ4v) is 2.74. The molecule has 3 aromatic rings. The molecule has 0 spiro atoms. The number of rotatable bonds is 3. The highest BCUT2D eigenvalue weighted by molar-refractivity contribution is 9.10. The van der Waals surface area contributed by atoms with Gasteiger partial charge >= 0.3 is 0 Å². The van der Waals surface area contributed by atoms with E-state index >= 15 is 0 Å². The van der Waals surface area contributed by atoms with Crippen LogP contribution in [0.3, 0.4) is 0 Å². The molecule has 0 atom stereocenters. The van der Waals surface area contributed by atoms with Gasteiger partial charge in [0.05, 0.1) is 0 Å². The van der Waals surface area contributed by atoms with Gasteiger partial charge in [0.25, 0.3) is 0 Å². The predicted molar refractivity (Wildman–Crippen MR) is 92.4 cm³/mol. The quantitative estimate of drug-likeness (QED) is 0.725. The summed E-state index contributed by atoms with van der Waals surface area (Å²) in [5.41, 5.74) is 9.22. The molecule has 0 unspecified atom stereocenters. The molecule has 2 aromatic carbocycles. The Labute approximate surface area is 132 Å². The van der Waals surface area contributed by atoms with Crippen molar-refractivity contribution in [1.82, 2.24) is 4.98 Å². The van der Waals surface area contributed by atoms with Gasteiger partial charge in [0.2, 0.25) is 0 Å². The van der Waals surface area contributed by atoms with E-state index in [4.69, 9.17) is 5.73 Å². The number of nitrogen functional groups attached to an aromatic ring is 1. The minimum Gasteiger partial charge on any atom is -0.398 e. The van der Waals surface area contributed by atoms with Crippen molar-refractivity contribution in [3.8, 4) is 0 Å². The lowest BCUT2D eigenvalue weighted by molar-refractivity contribution is 0.927. The number of pyridine rings is 1. The molecular weight excluding hydrogens is 326 g/mol. The number of hydrogen-bond donors (Lipinski definition) is 1. The highest BCUT2D eigenvalue weighted by Gasteiger charge is 2.09. The van der Waals surface area contributed by atoms with Gasteiger partial charge in [0.15, 0.2) is 0 Å². The Bertz CT molecular complexity index is 769. The second-order valence-corrected chi connectivity index (χ2v) is 5.99. The van der Waals surface area contributed by atoms with Gasteiger partial charge < -0.3 is 10.6 Å². The maximum Gasteiger partial charge on any atom is 0.0463 e. The van der Waals surface area contributed by atoms with Crippen molar-refractivity contribution in [2.45, 2.75) is 6.54 Å². The molecule has 0 saturated carbocycles. The third-order valence-electron chi connectivity index (χ3n) is 3.57. The average Bonchev–Trinajstić information content (AvgIpc) is 2.50. The lowest BCUT2D eigenvalue weighted by Gasteiger charge is -2.21. The van der Waals surface area contributed by atoms with Gasteiger partial charge in [-0.1, -0.05) is 28.1 Å². The maximum atomic E-state index is 6.04. The van der Waals surface area contributed by atoms with Crippen molar-refractivity contribution < 1.29 is 0 Å². The largest absolute Gasteiger partial charge is 0.398 e. The van der Waals surface area contributed by atoms with Crippen LogP contribution in [-0.2, 0) is 6.54 Å². The summed E-state index contributed by atoms with van der Waals surface area (Å²) in [5, 5.41) is 2.13. The van der Waals surface area contributed by atoms with E-state index in [1.807, 2.05) is 18.3 Å². The first-order valence-corrected chi connectivity index (χ1v) is 7.52. The average molecular weight is 342 g/mol. The minimum absolute atomic E-state index is 0.785. The molecule has 3 nitrogen and oxygen atoms in total. The first-order chi connectivity index (χ1) is 10.1. The Balaban J connectivity index is 1.96. The molecular formula is C17H16BrN3. The van der Waals surface area contributed by atoms with E-state index in [1.165, 1.54) is 5.56 Å². The molecule has 0 saturated heterocycles. The highest BCUT2D eigenvalue weighted by atomic mass is 79.9. The molecule has 1 aromatic heterocycles. The summed E-state index contributed by atoms with van der Waals surface area (Å²) in [6, 6.07) is 14.3. The number of anilines is 2. The molecule has 3 rings (SSSR count). The molecule has 0 amide bonds. The second kappa shape index (κ2) is 5.74. The van der Waals surface area contributed by atoms with Crippen LogP contribution in [0.4, 0.5) is 11.4 Å². The molecule has 21 heavy (non-hydrogen) atoms. The highest BCUT2D eigenvalue weighted by Crippen LogP contribution is 2.30. The molecule has 4 heteroatoms. The summed E-state index contributed by atoms with van der Waals surface area (Å²) in [6.07, 6.45) is 3.65. The zero-order valence-electron chi connectivity index (χ0n) is 11.8. The van der Waals surface area contributed by atoms with Crippen molar-refractivity contribution in [3.63, 3.8) is 0 Å². The predicted octanol–water partition coefficient (Wildman–Crippen LogP) is 4.22. The fraction of sp³-hybridized carbons (Fsp3) is 0.118. The van der Waals surface area contributed by atoms with Crippen LogP contribution in [0.2, 0.25) is 0 Å². The van der Waals surface area contributed by atoms with Gasteiger partial charge in [0, 0.05) is 52.6 Å². The second-order valence-electron chi connectivity index (χ2n) is 5.08. The number of nitrogens with zero attached hydrogens (tertiary/aromatic N) is 2. The van der Waals surface area contributed by atoms with Crippen molar-refractivity contribution in [1.29, 1.82) is 0 Å².